The van der Waals surface area contributed by atoms with Gasteiger partial charge in [-0.2, -0.15) is 0 Å². The Morgan fingerprint density at radius 1 is 1.38 bits per heavy atom. The second kappa shape index (κ2) is 6.26. The summed E-state index contributed by atoms with van der Waals surface area (Å²) in [6.45, 7) is 5.25. The fourth-order valence-corrected chi connectivity index (χ4v) is 2.81. The molecule has 2 aromatic rings. The molecule has 0 spiro atoms. The third-order valence-corrected chi connectivity index (χ3v) is 3.88. The van der Waals surface area contributed by atoms with E-state index in [4.69, 9.17) is 9.15 Å². The van der Waals surface area contributed by atoms with Crippen LogP contribution in [-0.4, -0.2) is 35.3 Å². The molecule has 1 aliphatic rings. The number of hydrogen-bond donors (Lipinski definition) is 0. The average Bonchev–Trinajstić information content (AvgIpc) is 2.96. The monoisotopic (exact) mass is 287 g/mol. The third kappa shape index (κ3) is 3.42. The highest BCUT2D eigenvalue weighted by Crippen LogP contribution is 2.23. The largest absolute Gasteiger partial charge is 0.497 e. The summed E-state index contributed by atoms with van der Waals surface area (Å²) >= 11 is 0. The number of aromatic nitrogens is 2. The molecule has 1 aromatic heterocycles. The lowest BCUT2D eigenvalue weighted by atomic mass is 10.0. The first-order valence-electron chi connectivity index (χ1n) is 7.44. The highest BCUT2D eigenvalue weighted by molar-refractivity contribution is 5.55. The quantitative estimate of drug-likeness (QED) is 0.865. The molecule has 0 saturated carbocycles. The molecule has 1 unspecified atom stereocenters. The van der Waals surface area contributed by atoms with Crippen molar-refractivity contribution in [3.63, 3.8) is 0 Å². The van der Waals surface area contributed by atoms with E-state index in [-0.39, 0.29) is 0 Å². The molecule has 0 N–H and O–H groups in total. The minimum atomic E-state index is 0.550. The predicted molar refractivity (Wildman–Crippen MR) is 80.0 cm³/mol. The molecule has 1 saturated heterocycles. The third-order valence-electron chi connectivity index (χ3n) is 3.88. The Kier molecular flexibility index (Phi) is 4.20. The second-order valence-corrected chi connectivity index (χ2v) is 5.72. The molecule has 2 heterocycles. The van der Waals surface area contributed by atoms with Gasteiger partial charge in [-0.25, -0.2) is 0 Å². The summed E-state index contributed by atoms with van der Waals surface area (Å²) in [6, 6.07) is 7.67. The number of ether oxygens (including phenoxy) is 1. The summed E-state index contributed by atoms with van der Waals surface area (Å²) in [7, 11) is 1.65. The van der Waals surface area contributed by atoms with Crippen LogP contribution in [0.1, 0.15) is 25.7 Å². The van der Waals surface area contributed by atoms with Gasteiger partial charge in [-0.3, -0.25) is 4.90 Å². The number of hydrogen-bond acceptors (Lipinski definition) is 5. The highest BCUT2D eigenvalue weighted by atomic mass is 16.5. The smallest absolute Gasteiger partial charge is 0.247 e. The van der Waals surface area contributed by atoms with Crippen molar-refractivity contribution in [1.29, 1.82) is 0 Å². The molecule has 0 aliphatic carbocycles. The molecule has 1 aromatic carbocycles. The molecular weight excluding hydrogens is 266 g/mol. The second-order valence-electron chi connectivity index (χ2n) is 5.72. The molecule has 0 amide bonds. The van der Waals surface area contributed by atoms with Crippen molar-refractivity contribution in [2.45, 2.75) is 26.3 Å². The Morgan fingerprint density at radius 2 is 2.29 bits per heavy atom. The van der Waals surface area contributed by atoms with Crippen LogP contribution in [0.25, 0.3) is 11.5 Å². The van der Waals surface area contributed by atoms with E-state index in [0.29, 0.717) is 11.8 Å². The zero-order chi connectivity index (χ0) is 14.7. The molecule has 5 nitrogen and oxygen atoms in total. The van der Waals surface area contributed by atoms with Crippen LogP contribution < -0.4 is 4.74 Å². The molecule has 3 rings (SSSR count). The summed E-state index contributed by atoms with van der Waals surface area (Å²) in [5.74, 6) is 2.77. The van der Waals surface area contributed by atoms with Crippen molar-refractivity contribution in [1.82, 2.24) is 15.1 Å². The number of rotatable bonds is 4. The summed E-state index contributed by atoms with van der Waals surface area (Å²) in [5.41, 5.74) is 0.889. The van der Waals surface area contributed by atoms with Crippen LogP contribution in [-0.2, 0) is 6.54 Å². The molecule has 21 heavy (non-hydrogen) atoms. The van der Waals surface area contributed by atoms with Crippen LogP contribution in [0.5, 0.6) is 5.75 Å². The molecule has 112 valence electrons. The first-order chi connectivity index (χ1) is 10.2. The highest BCUT2D eigenvalue weighted by Gasteiger charge is 2.19. The standard InChI is InChI=1S/C16H21N3O2/c1-12-5-4-8-19(10-12)11-15-17-18-16(21-15)13-6-3-7-14(9-13)20-2/h3,6-7,9,12H,4-5,8,10-11H2,1-2H3. The normalized spacial score (nSPS) is 19.6. The fourth-order valence-electron chi connectivity index (χ4n) is 2.81. The Morgan fingerprint density at radius 3 is 3.10 bits per heavy atom. The van der Waals surface area contributed by atoms with Gasteiger partial charge in [-0.15, -0.1) is 10.2 Å². The van der Waals surface area contributed by atoms with E-state index in [1.165, 1.54) is 12.8 Å². The van der Waals surface area contributed by atoms with Crippen LogP contribution in [0.4, 0.5) is 0 Å². The van der Waals surface area contributed by atoms with Gasteiger partial charge in [0, 0.05) is 12.1 Å². The van der Waals surface area contributed by atoms with E-state index in [2.05, 4.69) is 22.0 Å². The minimum Gasteiger partial charge on any atom is -0.497 e. The van der Waals surface area contributed by atoms with Gasteiger partial charge in [0.1, 0.15) is 5.75 Å². The lowest BCUT2D eigenvalue weighted by Gasteiger charge is -2.29. The van der Waals surface area contributed by atoms with Gasteiger partial charge in [0.2, 0.25) is 11.8 Å². The maximum atomic E-state index is 5.79. The van der Waals surface area contributed by atoms with E-state index < -0.39 is 0 Å². The van der Waals surface area contributed by atoms with Crippen molar-refractivity contribution in [3.8, 4) is 17.2 Å². The zero-order valence-corrected chi connectivity index (χ0v) is 12.6. The van der Waals surface area contributed by atoms with Gasteiger partial charge in [0.25, 0.3) is 0 Å². The van der Waals surface area contributed by atoms with Crippen LogP contribution >= 0.6 is 0 Å². The van der Waals surface area contributed by atoms with Crippen LogP contribution in [0.3, 0.4) is 0 Å². The van der Waals surface area contributed by atoms with Gasteiger partial charge >= 0.3 is 0 Å². The lowest BCUT2D eigenvalue weighted by molar-refractivity contribution is 0.163. The van der Waals surface area contributed by atoms with E-state index >= 15 is 0 Å². The van der Waals surface area contributed by atoms with E-state index in [1.807, 2.05) is 24.3 Å². The van der Waals surface area contributed by atoms with Crippen molar-refractivity contribution < 1.29 is 9.15 Å². The number of likely N-dealkylation sites (tertiary alicyclic amines) is 1. The molecule has 0 radical (unpaired) electrons. The number of nitrogens with zero attached hydrogens (tertiary/aromatic N) is 3. The summed E-state index contributed by atoms with van der Waals surface area (Å²) in [5, 5.41) is 8.32. The van der Waals surface area contributed by atoms with E-state index in [1.54, 1.807) is 7.11 Å². The summed E-state index contributed by atoms with van der Waals surface area (Å²) < 4.78 is 11.0. The van der Waals surface area contributed by atoms with Crippen LogP contribution in [0.2, 0.25) is 0 Å². The number of benzene rings is 1. The van der Waals surface area contributed by atoms with Gasteiger partial charge in [0.15, 0.2) is 0 Å². The minimum absolute atomic E-state index is 0.550. The van der Waals surface area contributed by atoms with Gasteiger partial charge in [-0.05, 0) is 43.5 Å². The molecular formula is C16H21N3O2. The van der Waals surface area contributed by atoms with Gasteiger partial charge in [-0.1, -0.05) is 13.0 Å². The zero-order valence-electron chi connectivity index (χ0n) is 12.6. The van der Waals surface area contributed by atoms with Crippen LogP contribution in [0.15, 0.2) is 28.7 Å². The molecule has 1 atom stereocenters. The van der Waals surface area contributed by atoms with Crippen molar-refractivity contribution in [2.24, 2.45) is 5.92 Å². The molecule has 1 aliphatic heterocycles. The maximum absolute atomic E-state index is 5.79. The first-order valence-corrected chi connectivity index (χ1v) is 7.44. The van der Waals surface area contributed by atoms with E-state index in [0.717, 1.165) is 36.9 Å². The fraction of sp³-hybridized carbons (Fsp3) is 0.500. The Labute approximate surface area is 124 Å². The number of methoxy groups -OCH3 is 1. The number of piperidine rings is 1. The van der Waals surface area contributed by atoms with E-state index in [9.17, 15) is 0 Å². The SMILES string of the molecule is COc1cccc(-c2nnc(CN3CCCC(C)C3)o2)c1. The Balaban J connectivity index is 1.70. The maximum Gasteiger partial charge on any atom is 0.247 e. The summed E-state index contributed by atoms with van der Waals surface area (Å²) in [6.07, 6.45) is 2.56. The topological polar surface area (TPSA) is 51.4 Å². The van der Waals surface area contributed by atoms with Gasteiger partial charge < -0.3 is 9.15 Å². The average molecular weight is 287 g/mol. The molecule has 5 heteroatoms. The van der Waals surface area contributed by atoms with Crippen LogP contribution in [0, 0.1) is 5.92 Å². The molecule has 0 bridgehead atoms. The lowest BCUT2D eigenvalue weighted by Crippen LogP contribution is -2.33. The van der Waals surface area contributed by atoms with Crippen molar-refractivity contribution in [3.05, 3.63) is 30.2 Å². The summed E-state index contributed by atoms with van der Waals surface area (Å²) in [4.78, 5) is 2.39. The Bertz CT molecular complexity index is 597. The van der Waals surface area contributed by atoms with Crippen molar-refractivity contribution in [2.75, 3.05) is 20.2 Å². The molecule has 1 fully saturated rings. The predicted octanol–water partition coefficient (Wildman–Crippen LogP) is 2.98. The first kappa shape index (κ1) is 14.1. The van der Waals surface area contributed by atoms with Crippen molar-refractivity contribution >= 4 is 0 Å². The Hall–Kier alpha value is -1.88. The van der Waals surface area contributed by atoms with Gasteiger partial charge in [0.05, 0.1) is 13.7 Å².